The number of nitriles is 1. The van der Waals surface area contributed by atoms with Crippen LogP contribution in [0.15, 0.2) is 18.2 Å². The second-order valence-electron chi connectivity index (χ2n) is 5.54. The molecule has 0 saturated heterocycles. The van der Waals surface area contributed by atoms with E-state index >= 15 is 0 Å². The van der Waals surface area contributed by atoms with Gasteiger partial charge in [-0.25, -0.2) is 0 Å². The molecular formula is C15H18N2O3. The van der Waals surface area contributed by atoms with Crippen LogP contribution in [-0.2, 0) is 4.79 Å². The molecular weight excluding hydrogens is 256 g/mol. The topological polar surface area (TPSA) is 71.3 Å². The van der Waals surface area contributed by atoms with Crippen LogP contribution in [-0.4, -0.2) is 11.7 Å². The number of carbonyl (C=O) groups excluding carboxylic acids is 1. The van der Waals surface area contributed by atoms with Gasteiger partial charge < -0.3 is 14.8 Å². The van der Waals surface area contributed by atoms with Crippen molar-refractivity contribution in [3.05, 3.63) is 18.2 Å². The summed E-state index contributed by atoms with van der Waals surface area (Å²) in [6.45, 7) is 6.99. The maximum Gasteiger partial charge on any atom is 0.248 e. The minimum atomic E-state index is -1.08. The standard InChI is InChI=1S/C15H18N2O3/c1-5-15(4)19-11-7-6-10(8-12(11)20-15)17-13(18)14(2,3)9-16/h6-8H,5H2,1-4H3,(H,17,18). The summed E-state index contributed by atoms with van der Waals surface area (Å²) in [4.78, 5) is 11.9. The van der Waals surface area contributed by atoms with Gasteiger partial charge in [-0.2, -0.15) is 5.26 Å². The number of ether oxygens (including phenoxy) is 2. The minimum absolute atomic E-state index is 0.350. The van der Waals surface area contributed by atoms with Gasteiger partial charge in [0.25, 0.3) is 0 Å². The number of nitrogens with one attached hydrogen (secondary N) is 1. The number of amides is 1. The predicted molar refractivity (Wildman–Crippen MR) is 74.4 cm³/mol. The van der Waals surface area contributed by atoms with Gasteiger partial charge >= 0.3 is 0 Å². The van der Waals surface area contributed by atoms with Crippen LogP contribution in [0.5, 0.6) is 11.5 Å². The molecule has 1 aliphatic heterocycles. The van der Waals surface area contributed by atoms with Crippen molar-refractivity contribution in [3.8, 4) is 17.6 Å². The first kappa shape index (κ1) is 14.2. The second-order valence-corrected chi connectivity index (χ2v) is 5.54. The molecule has 1 aromatic carbocycles. The zero-order valence-electron chi connectivity index (χ0n) is 12.1. The zero-order valence-corrected chi connectivity index (χ0v) is 12.1. The summed E-state index contributed by atoms with van der Waals surface area (Å²) in [5.74, 6) is 0.252. The molecule has 1 N–H and O–H groups in total. The summed E-state index contributed by atoms with van der Waals surface area (Å²) in [5, 5.41) is 11.7. The molecule has 0 saturated carbocycles. The second kappa shape index (κ2) is 4.71. The molecule has 2 rings (SSSR count). The van der Waals surface area contributed by atoms with Crippen LogP contribution in [0.2, 0.25) is 0 Å². The third-order valence-corrected chi connectivity index (χ3v) is 3.34. The molecule has 0 spiro atoms. The van der Waals surface area contributed by atoms with Crippen LogP contribution in [0.1, 0.15) is 34.1 Å². The van der Waals surface area contributed by atoms with Crippen molar-refractivity contribution in [1.29, 1.82) is 5.26 Å². The van der Waals surface area contributed by atoms with Gasteiger partial charge in [0.1, 0.15) is 5.41 Å². The van der Waals surface area contributed by atoms with Crippen molar-refractivity contribution in [3.63, 3.8) is 0 Å². The Kier molecular flexibility index (Phi) is 3.34. The van der Waals surface area contributed by atoms with E-state index in [2.05, 4.69) is 5.32 Å². The number of anilines is 1. The number of hydrogen-bond acceptors (Lipinski definition) is 4. The van der Waals surface area contributed by atoms with E-state index in [-0.39, 0.29) is 5.91 Å². The smallest absolute Gasteiger partial charge is 0.248 e. The molecule has 0 aliphatic carbocycles. The lowest BCUT2D eigenvalue weighted by atomic mass is 9.94. The first-order valence-corrected chi connectivity index (χ1v) is 6.54. The van der Waals surface area contributed by atoms with E-state index in [4.69, 9.17) is 14.7 Å². The van der Waals surface area contributed by atoms with E-state index in [1.54, 1.807) is 32.0 Å². The van der Waals surface area contributed by atoms with Gasteiger partial charge in [-0.1, -0.05) is 6.92 Å². The van der Waals surface area contributed by atoms with Gasteiger partial charge in [0.2, 0.25) is 11.7 Å². The fraction of sp³-hybridized carbons (Fsp3) is 0.467. The number of fused-ring (bicyclic) bond motifs is 1. The Balaban J connectivity index is 2.17. The highest BCUT2D eigenvalue weighted by atomic mass is 16.7. The Morgan fingerprint density at radius 3 is 2.65 bits per heavy atom. The number of rotatable bonds is 3. The van der Waals surface area contributed by atoms with Crippen LogP contribution in [0.25, 0.3) is 0 Å². The zero-order chi connectivity index (χ0) is 15.0. The summed E-state index contributed by atoms with van der Waals surface area (Å²) >= 11 is 0. The molecule has 0 radical (unpaired) electrons. The molecule has 0 bridgehead atoms. The van der Waals surface area contributed by atoms with Crippen LogP contribution in [0, 0.1) is 16.7 Å². The molecule has 5 nitrogen and oxygen atoms in total. The quantitative estimate of drug-likeness (QED) is 0.919. The molecule has 5 heteroatoms. The lowest BCUT2D eigenvalue weighted by Crippen LogP contribution is -2.33. The molecule has 1 atom stereocenters. The minimum Gasteiger partial charge on any atom is -0.449 e. The Morgan fingerprint density at radius 2 is 2.05 bits per heavy atom. The monoisotopic (exact) mass is 274 g/mol. The summed E-state index contributed by atoms with van der Waals surface area (Å²) in [6.07, 6.45) is 0.713. The summed E-state index contributed by atoms with van der Waals surface area (Å²) in [6, 6.07) is 7.16. The maximum absolute atomic E-state index is 11.9. The molecule has 1 heterocycles. The molecule has 0 aromatic heterocycles. The molecule has 1 aromatic rings. The third-order valence-electron chi connectivity index (χ3n) is 3.34. The van der Waals surface area contributed by atoms with Gasteiger partial charge in [-0.3, -0.25) is 4.79 Å². The Labute approximate surface area is 118 Å². The molecule has 20 heavy (non-hydrogen) atoms. The highest BCUT2D eigenvalue weighted by Crippen LogP contribution is 2.42. The van der Waals surface area contributed by atoms with Crippen molar-refractivity contribution in [2.45, 2.75) is 39.9 Å². The molecule has 1 unspecified atom stereocenters. The SMILES string of the molecule is CCC1(C)Oc2ccc(NC(=O)C(C)(C)C#N)cc2O1. The van der Waals surface area contributed by atoms with E-state index in [1.165, 1.54) is 0 Å². The van der Waals surface area contributed by atoms with Crippen molar-refractivity contribution >= 4 is 11.6 Å². The molecule has 1 aliphatic rings. The van der Waals surface area contributed by atoms with E-state index in [0.717, 1.165) is 0 Å². The normalized spacial score (nSPS) is 20.4. The number of benzene rings is 1. The summed E-state index contributed by atoms with van der Waals surface area (Å²) in [7, 11) is 0. The Bertz CT molecular complexity index is 589. The third kappa shape index (κ3) is 2.55. The van der Waals surface area contributed by atoms with Gasteiger partial charge in [0, 0.05) is 25.1 Å². The van der Waals surface area contributed by atoms with E-state index < -0.39 is 11.2 Å². The van der Waals surface area contributed by atoms with E-state index in [1.807, 2.05) is 19.9 Å². The fourth-order valence-corrected chi connectivity index (χ4v) is 1.72. The van der Waals surface area contributed by atoms with E-state index in [0.29, 0.717) is 23.6 Å². The van der Waals surface area contributed by atoms with Gasteiger partial charge in [-0.15, -0.1) is 0 Å². The number of carbonyl (C=O) groups is 1. The van der Waals surface area contributed by atoms with Crippen LogP contribution < -0.4 is 14.8 Å². The largest absolute Gasteiger partial charge is 0.449 e. The number of nitrogens with zero attached hydrogens (tertiary/aromatic N) is 1. The Morgan fingerprint density at radius 1 is 1.40 bits per heavy atom. The average molecular weight is 274 g/mol. The van der Waals surface area contributed by atoms with Crippen molar-refractivity contribution in [1.82, 2.24) is 0 Å². The fourth-order valence-electron chi connectivity index (χ4n) is 1.72. The summed E-state index contributed by atoms with van der Waals surface area (Å²) in [5.41, 5.74) is -0.491. The van der Waals surface area contributed by atoms with Crippen LogP contribution >= 0.6 is 0 Å². The first-order valence-electron chi connectivity index (χ1n) is 6.54. The lowest BCUT2D eigenvalue weighted by Gasteiger charge is -2.20. The number of hydrogen-bond donors (Lipinski definition) is 1. The first-order chi connectivity index (χ1) is 9.29. The van der Waals surface area contributed by atoms with Gasteiger partial charge in [0.05, 0.1) is 6.07 Å². The Hall–Kier alpha value is -2.22. The molecule has 0 fully saturated rings. The van der Waals surface area contributed by atoms with Gasteiger partial charge in [-0.05, 0) is 26.0 Å². The lowest BCUT2D eigenvalue weighted by molar-refractivity contribution is -0.121. The summed E-state index contributed by atoms with van der Waals surface area (Å²) < 4.78 is 11.4. The van der Waals surface area contributed by atoms with Crippen molar-refractivity contribution < 1.29 is 14.3 Å². The highest BCUT2D eigenvalue weighted by molar-refractivity contribution is 5.96. The maximum atomic E-state index is 11.9. The van der Waals surface area contributed by atoms with Crippen LogP contribution in [0.3, 0.4) is 0 Å². The van der Waals surface area contributed by atoms with Gasteiger partial charge in [0.15, 0.2) is 11.5 Å². The molecule has 106 valence electrons. The highest BCUT2D eigenvalue weighted by Gasteiger charge is 2.35. The van der Waals surface area contributed by atoms with E-state index in [9.17, 15) is 4.79 Å². The predicted octanol–water partition coefficient (Wildman–Crippen LogP) is 3.07. The van der Waals surface area contributed by atoms with Crippen molar-refractivity contribution in [2.24, 2.45) is 5.41 Å². The van der Waals surface area contributed by atoms with Crippen LogP contribution in [0.4, 0.5) is 5.69 Å². The average Bonchev–Trinajstić information content (AvgIpc) is 2.75. The van der Waals surface area contributed by atoms with Crippen molar-refractivity contribution in [2.75, 3.05) is 5.32 Å². The molecule has 1 amide bonds.